The van der Waals surface area contributed by atoms with E-state index in [1.54, 1.807) is 0 Å². The molecule has 2 saturated heterocycles. The van der Waals surface area contributed by atoms with Crippen LogP contribution in [-0.2, 0) is 85.7 Å². The molecule has 650 valence electrons. The average molecular weight is 1580 g/mol. The van der Waals surface area contributed by atoms with E-state index in [1.807, 2.05) is 0 Å². The summed E-state index contributed by atoms with van der Waals surface area (Å²) in [6.45, 7) is 14.6. The molecule has 0 aromatic heterocycles. The van der Waals surface area contributed by atoms with E-state index in [-0.39, 0.29) is 58.2 Å². The summed E-state index contributed by atoms with van der Waals surface area (Å²) in [5.41, 5.74) is 0. The number of aliphatic hydroxyl groups is 1. The summed E-state index contributed by atoms with van der Waals surface area (Å²) in [4.78, 5) is 102. The fourth-order valence-corrected chi connectivity index (χ4v) is 14.9. The number of aliphatic hydroxyl groups excluding tert-OH is 1. The van der Waals surface area contributed by atoms with Gasteiger partial charge in [-0.15, -0.1) is 0 Å². The molecule has 0 radical (unpaired) electrons. The zero-order valence-corrected chi connectivity index (χ0v) is 72.2. The Bertz CT molecular complexity index is 2230. The maximum Gasteiger partial charge on any atom is 0.306 e. The molecule has 0 unspecified atom stereocenters. The lowest BCUT2D eigenvalue weighted by Crippen LogP contribution is -2.67. The number of ether oxygens (including phenoxy) is 11. The fourth-order valence-electron chi connectivity index (χ4n) is 14.9. The summed E-state index contributed by atoms with van der Waals surface area (Å²) in [7, 11) is 0. The zero-order chi connectivity index (χ0) is 80.7. The van der Waals surface area contributed by atoms with Crippen molar-refractivity contribution in [2.75, 3.05) is 26.4 Å². The second-order valence-electron chi connectivity index (χ2n) is 32.3. The molecule has 0 bridgehead atoms. The molecular formula is C92H168O19. The minimum atomic E-state index is -1.79. The first-order valence-electron chi connectivity index (χ1n) is 46.8. The first-order chi connectivity index (χ1) is 54.3. The molecule has 0 spiro atoms. The second kappa shape index (κ2) is 73.7. The lowest BCUT2D eigenvalue weighted by atomic mass is 9.95. The normalized spacial score (nSPS) is 19.7. The van der Waals surface area contributed by atoms with Crippen LogP contribution in [0, 0.1) is 0 Å². The van der Waals surface area contributed by atoms with E-state index in [1.165, 1.54) is 0 Å². The third kappa shape index (κ3) is 54.6. The third-order valence-corrected chi connectivity index (χ3v) is 21.9. The largest absolute Gasteiger partial charge is 0.463 e. The van der Waals surface area contributed by atoms with Crippen LogP contribution >= 0.6 is 0 Å². The SMILES string of the molecule is CCCCCCCCCC(=O)OC[C@H]1O[C@@H](O[C@H]2[C@H](OC(=O)CCCCCCCCC)[C@@H](OC(=O)CCCCCCCCC)[C@H](OCCCCCCCCCCO)O[C@@H]2COC(=O)CCCCCCCCC)[C@H](OC(=O)CCCCCCCCC)[C@@H](OC(=O)CCCCCCCCC)[C@@H]1OC(=O)CCCCCCCCC. The Morgan fingerprint density at radius 1 is 0.234 bits per heavy atom. The Morgan fingerprint density at radius 2 is 0.450 bits per heavy atom. The summed E-state index contributed by atoms with van der Waals surface area (Å²) >= 11 is 0. The van der Waals surface area contributed by atoms with Crippen molar-refractivity contribution in [1.82, 2.24) is 0 Å². The molecule has 111 heavy (non-hydrogen) atoms. The monoisotopic (exact) mass is 1580 g/mol. The highest BCUT2D eigenvalue weighted by atomic mass is 16.8. The lowest BCUT2D eigenvalue weighted by molar-refractivity contribution is -0.361. The van der Waals surface area contributed by atoms with Crippen molar-refractivity contribution in [1.29, 1.82) is 0 Å². The fraction of sp³-hybridized carbons (Fsp3) is 0.924. The van der Waals surface area contributed by atoms with Crippen LogP contribution in [0.25, 0.3) is 0 Å². The van der Waals surface area contributed by atoms with Crippen molar-refractivity contribution in [3.8, 4) is 0 Å². The van der Waals surface area contributed by atoms with Crippen LogP contribution in [-0.4, -0.2) is 135 Å². The van der Waals surface area contributed by atoms with Gasteiger partial charge in [0.05, 0.1) is 0 Å². The van der Waals surface area contributed by atoms with E-state index >= 15 is 0 Å². The Balaban J connectivity index is 3.13. The van der Waals surface area contributed by atoms with Gasteiger partial charge in [0, 0.05) is 58.2 Å². The van der Waals surface area contributed by atoms with Gasteiger partial charge in [-0.05, 0) is 57.8 Å². The van der Waals surface area contributed by atoms with Crippen LogP contribution in [0.3, 0.4) is 0 Å². The number of unbranched alkanes of at least 4 members (excludes halogenated alkanes) is 49. The molecule has 0 amide bonds. The molecule has 0 saturated carbocycles. The van der Waals surface area contributed by atoms with E-state index in [2.05, 4.69) is 48.5 Å². The highest BCUT2D eigenvalue weighted by molar-refractivity contribution is 5.73. The maximum absolute atomic E-state index is 14.9. The molecule has 0 aliphatic carbocycles. The minimum absolute atomic E-state index is 0.00785. The third-order valence-electron chi connectivity index (χ3n) is 21.9. The number of carbonyl (C=O) groups excluding carboxylic acids is 7. The number of rotatable bonds is 78. The van der Waals surface area contributed by atoms with E-state index < -0.39 is 116 Å². The Morgan fingerprint density at radius 3 is 0.748 bits per heavy atom. The molecule has 10 atom stereocenters. The van der Waals surface area contributed by atoms with Crippen molar-refractivity contribution in [2.45, 2.75) is 521 Å². The van der Waals surface area contributed by atoms with Gasteiger partial charge in [0.2, 0.25) is 0 Å². The molecule has 19 heteroatoms. The van der Waals surface area contributed by atoms with E-state index in [4.69, 9.17) is 52.1 Å². The van der Waals surface area contributed by atoms with Crippen molar-refractivity contribution < 1.29 is 90.8 Å². The molecular weight excluding hydrogens is 1410 g/mol. The smallest absolute Gasteiger partial charge is 0.306 e. The van der Waals surface area contributed by atoms with Crippen LogP contribution in [0.15, 0.2) is 0 Å². The van der Waals surface area contributed by atoms with Crippen molar-refractivity contribution in [2.24, 2.45) is 0 Å². The average Bonchev–Trinajstić information content (AvgIpc) is 0.766. The molecule has 19 nitrogen and oxygen atoms in total. The van der Waals surface area contributed by atoms with Gasteiger partial charge in [0.25, 0.3) is 0 Å². The molecule has 2 heterocycles. The highest BCUT2D eigenvalue weighted by Gasteiger charge is 2.58. The highest BCUT2D eigenvalue weighted by Crippen LogP contribution is 2.38. The van der Waals surface area contributed by atoms with Gasteiger partial charge < -0.3 is 57.2 Å². The topological polar surface area (TPSA) is 241 Å². The van der Waals surface area contributed by atoms with E-state index in [0.29, 0.717) is 51.4 Å². The van der Waals surface area contributed by atoms with Gasteiger partial charge in [0.1, 0.15) is 31.5 Å². The second-order valence-corrected chi connectivity index (χ2v) is 32.3. The van der Waals surface area contributed by atoms with Crippen molar-refractivity contribution >= 4 is 41.8 Å². The minimum Gasteiger partial charge on any atom is -0.463 e. The first-order valence-corrected chi connectivity index (χ1v) is 46.8. The molecule has 1 N–H and O–H groups in total. The Labute approximate surface area is 676 Å². The number of hydrogen-bond donors (Lipinski definition) is 1. The van der Waals surface area contributed by atoms with Crippen LogP contribution in [0.2, 0.25) is 0 Å². The quantitative estimate of drug-likeness (QED) is 0.0338. The Hall–Kier alpha value is -3.91. The van der Waals surface area contributed by atoms with Crippen LogP contribution in [0.4, 0.5) is 0 Å². The zero-order valence-electron chi connectivity index (χ0n) is 72.2. The summed E-state index contributed by atoms with van der Waals surface area (Å²) in [6, 6.07) is 0. The number of hydrogen-bond acceptors (Lipinski definition) is 19. The molecule has 0 aromatic carbocycles. The maximum atomic E-state index is 14.9. The van der Waals surface area contributed by atoms with Crippen molar-refractivity contribution in [3.63, 3.8) is 0 Å². The standard InChI is InChI=1S/C92H168O19/c1-8-15-22-29-38-47-56-65-78(94)102-74-76-85(106-80(96)67-58-49-40-31-24-17-10-3)87(107-81(97)68-59-50-41-32-25-18-11-4)90(110-84(100)71-62-53-44-35-28-21-14-7)92(105-76)111-86-77(75-103-79(95)66-57-48-39-30-23-16-9-2)104-91(101-73-64-55-46-37-36-45-54-63-72-93)89(109-83(99)70-61-52-43-34-27-20-13-6)88(86)108-82(98)69-60-51-42-33-26-19-12-5/h76-77,85-93H,8-75H2,1-7H3/t76-,77-,85-,86-,87+,88+,89-,90-,91-,92+/m1/s1. The van der Waals surface area contributed by atoms with Gasteiger partial charge in [0.15, 0.2) is 43.1 Å². The summed E-state index contributed by atoms with van der Waals surface area (Å²) in [5, 5.41) is 9.36. The van der Waals surface area contributed by atoms with Gasteiger partial charge in [-0.2, -0.15) is 0 Å². The molecule has 2 aliphatic heterocycles. The Kier molecular flexibility index (Phi) is 68.5. The molecule has 2 aliphatic rings. The van der Waals surface area contributed by atoms with Gasteiger partial charge in [-0.1, -0.05) is 357 Å². The van der Waals surface area contributed by atoms with Gasteiger partial charge >= 0.3 is 41.8 Å². The molecule has 0 aromatic rings. The van der Waals surface area contributed by atoms with E-state index in [9.17, 15) is 38.7 Å². The summed E-state index contributed by atoms with van der Waals surface area (Å²) < 4.78 is 73.8. The first kappa shape index (κ1) is 103. The van der Waals surface area contributed by atoms with Crippen LogP contribution in [0.1, 0.15) is 459 Å². The predicted octanol–water partition coefficient (Wildman–Crippen LogP) is 23.6. The lowest BCUT2D eigenvalue weighted by Gasteiger charge is -2.49. The summed E-state index contributed by atoms with van der Waals surface area (Å²) in [5.74, 6) is -4.09. The molecule has 2 fully saturated rings. The van der Waals surface area contributed by atoms with E-state index in [0.717, 1.165) is 315 Å². The van der Waals surface area contributed by atoms with Gasteiger partial charge in [-0.3, -0.25) is 33.6 Å². The van der Waals surface area contributed by atoms with Gasteiger partial charge in [-0.25, -0.2) is 0 Å². The number of carbonyl (C=O) groups is 7. The number of esters is 7. The summed E-state index contributed by atoms with van der Waals surface area (Å²) in [6.07, 6.45) is 38.7. The molecule has 2 rings (SSSR count). The van der Waals surface area contributed by atoms with Crippen LogP contribution in [0.5, 0.6) is 0 Å². The van der Waals surface area contributed by atoms with Crippen molar-refractivity contribution in [3.05, 3.63) is 0 Å². The van der Waals surface area contributed by atoms with Crippen LogP contribution < -0.4 is 0 Å². The predicted molar refractivity (Wildman–Crippen MR) is 442 cm³/mol.